The first-order valence-electron chi connectivity index (χ1n) is 9.49. The van der Waals surface area contributed by atoms with Crippen LogP contribution in [0.2, 0.25) is 0 Å². The van der Waals surface area contributed by atoms with Gasteiger partial charge in [0.25, 0.3) is 0 Å². The fraction of sp³-hybridized carbons (Fsp3) is 0.524. The summed E-state index contributed by atoms with van der Waals surface area (Å²) in [6.07, 6.45) is 9.82. The molecular weight excluding hydrogens is 314 g/mol. The molecule has 0 aromatic heterocycles. The minimum absolute atomic E-state index is 0.0352. The predicted molar refractivity (Wildman–Crippen MR) is 96.3 cm³/mol. The van der Waals surface area contributed by atoms with Gasteiger partial charge in [-0.2, -0.15) is 0 Å². The molecular formula is C21H25NO3. The summed E-state index contributed by atoms with van der Waals surface area (Å²) in [6, 6.07) is 7.40. The van der Waals surface area contributed by atoms with Gasteiger partial charge >= 0.3 is 0 Å². The topological polar surface area (TPSA) is 46.6 Å². The second kappa shape index (κ2) is 6.66. The quantitative estimate of drug-likeness (QED) is 0.429. The van der Waals surface area contributed by atoms with Crippen molar-refractivity contribution in [1.82, 2.24) is 0 Å². The third kappa shape index (κ3) is 2.78. The van der Waals surface area contributed by atoms with Crippen LogP contribution in [0.15, 0.2) is 36.4 Å². The molecule has 4 unspecified atom stereocenters. The van der Waals surface area contributed by atoms with Crippen molar-refractivity contribution in [2.75, 3.05) is 11.5 Å². The fourth-order valence-corrected chi connectivity index (χ4v) is 4.59. The minimum atomic E-state index is -0.152. The number of imide groups is 1. The molecule has 2 fully saturated rings. The number of rotatable bonds is 7. The van der Waals surface area contributed by atoms with Crippen LogP contribution in [0.4, 0.5) is 5.69 Å². The van der Waals surface area contributed by atoms with E-state index in [1.165, 1.54) is 24.2 Å². The maximum absolute atomic E-state index is 12.9. The second-order valence-corrected chi connectivity index (χ2v) is 7.42. The molecule has 1 heterocycles. The number of amides is 2. The largest absolute Gasteiger partial charge is 0.494 e. The van der Waals surface area contributed by atoms with E-state index in [2.05, 4.69) is 19.1 Å². The number of nitrogens with zero attached hydrogens (tertiary/aromatic N) is 1. The highest BCUT2D eigenvalue weighted by Gasteiger charge is 2.59. The Hall–Kier alpha value is -2.10. The highest BCUT2D eigenvalue weighted by molar-refractivity contribution is 6.22. The summed E-state index contributed by atoms with van der Waals surface area (Å²) in [4.78, 5) is 27.1. The standard InChI is InChI=1S/C21H25NO3/c1-2-3-4-5-11-25-17-8-6-7-16(13-17)22-20(23)18-14-9-10-15(12-14)19(18)21(22)24/h6-10,13-15,18-19H,2-5,11-12H2,1H3. The maximum Gasteiger partial charge on any atom is 0.238 e. The van der Waals surface area contributed by atoms with E-state index in [1.807, 2.05) is 24.3 Å². The van der Waals surface area contributed by atoms with Gasteiger partial charge in [0.2, 0.25) is 11.8 Å². The molecule has 1 aromatic carbocycles. The zero-order valence-corrected chi connectivity index (χ0v) is 14.7. The Balaban J connectivity index is 1.46. The molecule has 1 saturated carbocycles. The number of hydrogen-bond acceptors (Lipinski definition) is 3. The lowest BCUT2D eigenvalue weighted by Crippen LogP contribution is -2.32. The number of carbonyl (C=O) groups excluding carboxylic acids is 2. The molecule has 25 heavy (non-hydrogen) atoms. The summed E-state index contributed by atoms with van der Waals surface area (Å²) >= 11 is 0. The van der Waals surface area contributed by atoms with Crippen LogP contribution in [0.1, 0.15) is 39.0 Å². The van der Waals surface area contributed by atoms with Gasteiger partial charge in [-0.25, -0.2) is 4.90 Å². The SMILES string of the molecule is CCCCCCOc1cccc(N2C(=O)C3C4C=CC(C4)C3C2=O)c1. The lowest BCUT2D eigenvalue weighted by molar-refractivity contribution is -0.123. The summed E-state index contributed by atoms with van der Waals surface area (Å²) in [5.41, 5.74) is 0.648. The minimum Gasteiger partial charge on any atom is -0.494 e. The van der Waals surface area contributed by atoms with E-state index in [-0.39, 0.29) is 35.5 Å². The van der Waals surface area contributed by atoms with Gasteiger partial charge < -0.3 is 4.74 Å². The summed E-state index contributed by atoms with van der Waals surface area (Å²) < 4.78 is 5.81. The summed E-state index contributed by atoms with van der Waals surface area (Å²) in [5.74, 6) is 0.845. The zero-order valence-electron chi connectivity index (χ0n) is 14.7. The number of fused-ring (bicyclic) bond motifs is 5. The molecule has 1 saturated heterocycles. The van der Waals surface area contributed by atoms with Crippen molar-refractivity contribution >= 4 is 17.5 Å². The van der Waals surface area contributed by atoms with E-state index < -0.39 is 0 Å². The fourth-order valence-electron chi connectivity index (χ4n) is 4.59. The van der Waals surface area contributed by atoms with Crippen LogP contribution in [0.5, 0.6) is 5.75 Å². The molecule has 3 aliphatic rings. The maximum atomic E-state index is 12.9. The van der Waals surface area contributed by atoms with Gasteiger partial charge in [0.05, 0.1) is 24.1 Å². The molecule has 0 spiro atoms. The third-order valence-electron chi connectivity index (χ3n) is 5.81. The monoisotopic (exact) mass is 339 g/mol. The van der Waals surface area contributed by atoms with Gasteiger partial charge in [0.1, 0.15) is 5.75 Å². The molecule has 0 N–H and O–H groups in total. The molecule has 2 amide bonds. The third-order valence-corrected chi connectivity index (χ3v) is 5.81. The summed E-state index contributed by atoms with van der Waals surface area (Å²) in [7, 11) is 0. The number of carbonyl (C=O) groups is 2. The van der Waals surface area contributed by atoms with Gasteiger partial charge in [-0.3, -0.25) is 9.59 Å². The molecule has 4 atom stereocenters. The normalized spacial score (nSPS) is 29.6. The Morgan fingerprint density at radius 2 is 1.76 bits per heavy atom. The molecule has 0 radical (unpaired) electrons. The van der Waals surface area contributed by atoms with E-state index in [9.17, 15) is 9.59 Å². The predicted octanol–water partition coefficient (Wildman–Crippen LogP) is 3.96. The van der Waals surface area contributed by atoms with Gasteiger partial charge in [0, 0.05) is 6.07 Å². The van der Waals surface area contributed by atoms with E-state index in [0.717, 1.165) is 18.6 Å². The van der Waals surface area contributed by atoms with Crippen LogP contribution in [0, 0.1) is 23.7 Å². The van der Waals surface area contributed by atoms with Gasteiger partial charge in [0.15, 0.2) is 0 Å². The number of allylic oxidation sites excluding steroid dienone is 2. The van der Waals surface area contributed by atoms with Gasteiger partial charge in [-0.05, 0) is 36.8 Å². The molecule has 2 aliphatic carbocycles. The van der Waals surface area contributed by atoms with Crippen molar-refractivity contribution in [3.8, 4) is 5.75 Å². The number of anilines is 1. The van der Waals surface area contributed by atoms with Gasteiger partial charge in [-0.1, -0.05) is 44.4 Å². The van der Waals surface area contributed by atoms with Crippen molar-refractivity contribution in [3.05, 3.63) is 36.4 Å². The highest BCUT2D eigenvalue weighted by atomic mass is 16.5. The Bertz CT molecular complexity index is 681. The lowest BCUT2D eigenvalue weighted by Gasteiger charge is -2.18. The Kier molecular flexibility index (Phi) is 4.36. The van der Waals surface area contributed by atoms with Crippen LogP contribution in [-0.4, -0.2) is 18.4 Å². The molecule has 1 aliphatic heterocycles. The van der Waals surface area contributed by atoms with Crippen LogP contribution in [-0.2, 0) is 9.59 Å². The van der Waals surface area contributed by atoms with Crippen LogP contribution in [0.25, 0.3) is 0 Å². The highest BCUT2D eigenvalue weighted by Crippen LogP contribution is 2.53. The Morgan fingerprint density at radius 3 is 2.44 bits per heavy atom. The molecule has 4 rings (SSSR count). The van der Waals surface area contributed by atoms with E-state index in [1.54, 1.807) is 0 Å². The van der Waals surface area contributed by atoms with Crippen LogP contribution in [0.3, 0.4) is 0 Å². The molecule has 132 valence electrons. The van der Waals surface area contributed by atoms with Crippen LogP contribution < -0.4 is 9.64 Å². The number of ether oxygens (including phenoxy) is 1. The zero-order chi connectivity index (χ0) is 17.4. The first-order chi connectivity index (χ1) is 12.2. The second-order valence-electron chi connectivity index (χ2n) is 7.42. The van der Waals surface area contributed by atoms with Crippen molar-refractivity contribution in [1.29, 1.82) is 0 Å². The smallest absolute Gasteiger partial charge is 0.238 e. The summed E-state index contributed by atoms with van der Waals surface area (Å²) in [5, 5.41) is 0. The Labute approximate surface area is 148 Å². The Morgan fingerprint density at radius 1 is 1.04 bits per heavy atom. The van der Waals surface area contributed by atoms with Gasteiger partial charge in [-0.15, -0.1) is 0 Å². The summed E-state index contributed by atoms with van der Waals surface area (Å²) in [6.45, 7) is 2.86. The molecule has 2 bridgehead atoms. The molecule has 4 heteroatoms. The number of hydrogen-bond donors (Lipinski definition) is 0. The van der Waals surface area contributed by atoms with Crippen molar-refractivity contribution in [2.45, 2.75) is 39.0 Å². The van der Waals surface area contributed by atoms with Crippen molar-refractivity contribution < 1.29 is 14.3 Å². The van der Waals surface area contributed by atoms with Crippen LogP contribution >= 0.6 is 0 Å². The van der Waals surface area contributed by atoms with E-state index >= 15 is 0 Å². The van der Waals surface area contributed by atoms with E-state index in [4.69, 9.17) is 4.74 Å². The van der Waals surface area contributed by atoms with E-state index in [0.29, 0.717) is 12.3 Å². The molecule has 1 aromatic rings. The lowest BCUT2D eigenvalue weighted by atomic mass is 9.85. The van der Waals surface area contributed by atoms with Crippen molar-refractivity contribution in [2.24, 2.45) is 23.7 Å². The molecule has 4 nitrogen and oxygen atoms in total. The first kappa shape index (κ1) is 16.4. The van der Waals surface area contributed by atoms with Crippen molar-refractivity contribution in [3.63, 3.8) is 0 Å². The average Bonchev–Trinajstić information content (AvgIpc) is 3.29. The number of unbranched alkanes of at least 4 members (excludes halogenated alkanes) is 3. The number of benzene rings is 1. The first-order valence-corrected chi connectivity index (χ1v) is 9.49. The average molecular weight is 339 g/mol.